The number of carbonyl (C=O) groups is 2. The molecular weight excluding hydrogens is 434 g/mol. The van der Waals surface area contributed by atoms with Crippen LogP contribution in [0, 0.1) is 5.92 Å². The van der Waals surface area contributed by atoms with Crippen LogP contribution in [-0.2, 0) is 16.0 Å². The molecule has 2 N–H and O–H groups in total. The summed E-state index contributed by atoms with van der Waals surface area (Å²) in [5.74, 6) is -0.336. The molecule has 0 fully saturated rings. The monoisotopic (exact) mass is 465 g/mol. The predicted molar refractivity (Wildman–Crippen MR) is 135 cm³/mol. The van der Waals surface area contributed by atoms with Gasteiger partial charge in [-0.3, -0.25) is 4.79 Å². The summed E-state index contributed by atoms with van der Waals surface area (Å²) in [5.41, 5.74) is 4.45. The molecule has 1 aliphatic rings. The first-order valence-electron chi connectivity index (χ1n) is 11.1. The molecule has 7 heteroatoms. The summed E-state index contributed by atoms with van der Waals surface area (Å²) in [6.07, 6.45) is 0.921. The summed E-state index contributed by atoms with van der Waals surface area (Å²) in [4.78, 5) is 27.5. The Morgan fingerprint density at radius 2 is 1.88 bits per heavy atom. The van der Waals surface area contributed by atoms with E-state index in [-0.39, 0.29) is 17.8 Å². The topological polar surface area (TPSA) is 70.7 Å². The smallest absolute Gasteiger partial charge is 0.338 e. The van der Waals surface area contributed by atoms with Crippen molar-refractivity contribution in [2.45, 2.75) is 40.2 Å². The van der Waals surface area contributed by atoms with E-state index in [1.165, 1.54) is 5.56 Å². The summed E-state index contributed by atoms with van der Waals surface area (Å²) in [5, 5.41) is 6.71. The van der Waals surface area contributed by atoms with E-state index in [4.69, 9.17) is 17.0 Å². The van der Waals surface area contributed by atoms with E-state index in [1.54, 1.807) is 4.90 Å². The second kappa shape index (κ2) is 10.6. The molecule has 0 saturated heterocycles. The second-order valence-electron chi connectivity index (χ2n) is 8.56. The Hall–Kier alpha value is -3.19. The number of rotatable bonds is 7. The number of hydrogen-bond acceptors (Lipinski definition) is 4. The third kappa shape index (κ3) is 5.79. The van der Waals surface area contributed by atoms with Crippen molar-refractivity contribution in [1.82, 2.24) is 10.2 Å². The van der Waals surface area contributed by atoms with Gasteiger partial charge in [0.25, 0.3) is 5.91 Å². The van der Waals surface area contributed by atoms with Gasteiger partial charge in [-0.25, -0.2) is 4.79 Å². The van der Waals surface area contributed by atoms with Gasteiger partial charge in [-0.2, -0.15) is 0 Å². The molecule has 0 saturated carbocycles. The first kappa shape index (κ1) is 24.5. The van der Waals surface area contributed by atoms with Gasteiger partial charge in [0.1, 0.15) is 0 Å². The fourth-order valence-electron chi connectivity index (χ4n) is 3.56. The largest absolute Gasteiger partial charge is 0.462 e. The van der Waals surface area contributed by atoms with Crippen molar-refractivity contribution >= 4 is 34.9 Å². The van der Waals surface area contributed by atoms with E-state index in [9.17, 15) is 9.59 Å². The van der Waals surface area contributed by atoms with Gasteiger partial charge >= 0.3 is 5.97 Å². The lowest BCUT2D eigenvalue weighted by atomic mass is 9.94. The van der Waals surface area contributed by atoms with Crippen LogP contribution in [0.15, 0.2) is 59.8 Å². The summed E-state index contributed by atoms with van der Waals surface area (Å²) in [6, 6.07) is 14.5. The lowest BCUT2D eigenvalue weighted by Gasteiger charge is -2.35. The highest BCUT2D eigenvalue weighted by Crippen LogP contribution is 2.32. The summed E-state index contributed by atoms with van der Waals surface area (Å²) < 4.78 is 5.54. The standard InChI is InChI=1S/C26H31N3O3S/c1-6-18-10-12-19(13-11-18)24(30)27-21-9-7-8-20(14-21)23-22(25(31)32-15-16(2)3)17(4)29(5)26(33)28-23/h7-14,16,23H,6,15H2,1-5H3,(H,27,30)(H,28,33)/t23-/m0/s1. The lowest BCUT2D eigenvalue weighted by Crippen LogP contribution is -2.46. The summed E-state index contributed by atoms with van der Waals surface area (Å²) in [6.45, 7) is 8.26. The van der Waals surface area contributed by atoms with E-state index in [0.717, 1.165) is 17.7 Å². The molecule has 1 amide bonds. The maximum Gasteiger partial charge on any atom is 0.338 e. The van der Waals surface area contributed by atoms with Gasteiger partial charge < -0.3 is 20.3 Å². The van der Waals surface area contributed by atoms with Gasteiger partial charge in [-0.1, -0.05) is 45.0 Å². The van der Waals surface area contributed by atoms with Gasteiger partial charge in [0, 0.05) is 24.0 Å². The molecule has 33 heavy (non-hydrogen) atoms. The molecule has 1 atom stereocenters. The van der Waals surface area contributed by atoms with Gasteiger partial charge in [0.05, 0.1) is 18.2 Å². The number of amides is 1. The molecule has 2 aromatic carbocycles. The number of anilines is 1. The molecule has 3 rings (SSSR count). The van der Waals surface area contributed by atoms with Crippen molar-refractivity contribution in [2.75, 3.05) is 19.0 Å². The highest BCUT2D eigenvalue weighted by molar-refractivity contribution is 7.80. The number of benzene rings is 2. The predicted octanol–water partition coefficient (Wildman–Crippen LogP) is 4.84. The first-order chi connectivity index (χ1) is 15.7. The molecule has 174 valence electrons. The average molecular weight is 466 g/mol. The van der Waals surface area contributed by atoms with Gasteiger partial charge in [0.2, 0.25) is 0 Å². The van der Waals surface area contributed by atoms with Crippen molar-refractivity contribution < 1.29 is 14.3 Å². The molecule has 0 aliphatic carbocycles. The lowest BCUT2D eigenvalue weighted by molar-refractivity contribution is -0.140. The van der Waals surface area contributed by atoms with Crippen LogP contribution >= 0.6 is 12.2 Å². The minimum atomic E-state index is -0.478. The molecule has 1 heterocycles. The molecule has 6 nitrogen and oxygen atoms in total. The number of aryl methyl sites for hydroxylation is 1. The SMILES string of the molecule is CCc1ccc(C(=O)Nc2cccc([C@@H]3NC(=S)N(C)C(C)=C3C(=O)OCC(C)C)c2)cc1. The Morgan fingerprint density at radius 3 is 2.52 bits per heavy atom. The van der Waals surface area contributed by atoms with Crippen molar-refractivity contribution in [3.05, 3.63) is 76.5 Å². The fraction of sp³-hybridized carbons (Fsp3) is 0.346. The zero-order valence-corrected chi connectivity index (χ0v) is 20.6. The van der Waals surface area contributed by atoms with E-state index >= 15 is 0 Å². The Kier molecular flexibility index (Phi) is 7.87. The Bertz CT molecular complexity index is 1080. The Morgan fingerprint density at radius 1 is 1.18 bits per heavy atom. The van der Waals surface area contributed by atoms with E-state index in [0.29, 0.717) is 28.5 Å². The zero-order chi connectivity index (χ0) is 24.1. The number of esters is 1. The van der Waals surface area contributed by atoms with Crippen molar-refractivity contribution in [2.24, 2.45) is 5.92 Å². The third-order valence-electron chi connectivity index (χ3n) is 5.62. The number of ether oxygens (including phenoxy) is 1. The molecule has 0 spiro atoms. The number of nitrogens with one attached hydrogen (secondary N) is 2. The van der Waals surface area contributed by atoms with Crippen LogP contribution in [0.2, 0.25) is 0 Å². The van der Waals surface area contributed by atoms with Crippen molar-refractivity contribution in [3.63, 3.8) is 0 Å². The van der Waals surface area contributed by atoms with Crippen LogP contribution in [0.4, 0.5) is 5.69 Å². The number of thiocarbonyl (C=S) groups is 1. The minimum Gasteiger partial charge on any atom is -0.462 e. The molecule has 0 bridgehead atoms. The van der Waals surface area contributed by atoms with Crippen molar-refractivity contribution in [1.29, 1.82) is 0 Å². The first-order valence-corrected chi connectivity index (χ1v) is 11.5. The van der Waals surface area contributed by atoms with Crippen LogP contribution in [0.3, 0.4) is 0 Å². The molecule has 0 unspecified atom stereocenters. The third-order valence-corrected chi connectivity index (χ3v) is 6.02. The molecular formula is C26H31N3O3S. The van der Waals surface area contributed by atoms with Crippen LogP contribution in [0.1, 0.15) is 55.2 Å². The Labute approximate surface area is 201 Å². The number of carbonyl (C=O) groups excluding carboxylic acids is 2. The van der Waals surface area contributed by atoms with Crippen LogP contribution in [0.25, 0.3) is 0 Å². The normalized spacial score (nSPS) is 16.0. The van der Waals surface area contributed by atoms with Gasteiger partial charge in [0.15, 0.2) is 5.11 Å². The highest BCUT2D eigenvalue weighted by atomic mass is 32.1. The molecule has 2 aromatic rings. The van der Waals surface area contributed by atoms with Crippen LogP contribution < -0.4 is 10.6 Å². The van der Waals surface area contributed by atoms with Crippen molar-refractivity contribution in [3.8, 4) is 0 Å². The fourth-order valence-corrected chi connectivity index (χ4v) is 3.82. The minimum absolute atomic E-state index is 0.190. The maximum atomic E-state index is 13.0. The van der Waals surface area contributed by atoms with Crippen LogP contribution in [0.5, 0.6) is 0 Å². The quantitative estimate of drug-likeness (QED) is 0.451. The van der Waals surface area contributed by atoms with Gasteiger partial charge in [-0.15, -0.1) is 0 Å². The number of hydrogen-bond donors (Lipinski definition) is 2. The second-order valence-corrected chi connectivity index (χ2v) is 8.95. The molecule has 1 aliphatic heterocycles. The molecule has 0 radical (unpaired) electrons. The summed E-state index contributed by atoms with van der Waals surface area (Å²) >= 11 is 5.47. The zero-order valence-electron chi connectivity index (χ0n) is 19.8. The maximum absolute atomic E-state index is 13.0. The van der Waals surface area contributed by atoms with E-state index < -0.39 is 6.04 Å². The van der Waals surface area contributed by atoms with Gasteiger partial charge in [-0.05, 0) is 66.9 Å². The number of nitrogens with zero attached hydrogens (tertiary/aromatic N) is 1. The van der Waals surface area contributed by atoms with E-state index in [2.05, 4.69) is 17.6 Å². The molecule has 0 aromatic heterocycles. The number of allylic oxidation sites excluding steroid dienone is 1. The van der Waals surface area contributed by atoms with Crippen LogP contribution in [-0.4, -0.2) is 35.5 Å². The highest BCUT2D eigenvalue weighted by Gasteiger charge is 2.33. The Balaban J connectivity index is 1.87. The average Bonchev–Trinajstić information content (AvgIpc) is 2.81. The van der Waals surface area contributed by atoms with E-state index in [1.807, 2.05) is 76.3 Å². The summed E-state index contributed by atoms with van der Waals surface area (Å²) in [7, 11) is 1.82.